The van der Waals surface area contributed by atoms with Crippen LogP contribution in [0.5, 0.6) is 0 Å². The summed E-state index contributed by atoms with van der Waals surface area (Å²) < 4.78 is 0. The molecule has 2 heterocycles. The molecule has 1 fully saturated rings. The number of halogens is 1. The van der Waals surface area contributed by atoms with Gasteiger partial charge in [-0.25, -0.2) is 9.98 Å². The number of nitrogens with zero attached hydrogens (tertiary/aromatic N) is 3. The number of imidazole rings is 1. The smallest absolute Gasteiger partial charge is 0.191 e. The first-order chi connectivity index (χ1) is 12.8. The Bertz CT molecular complexity index is 679. The normalized spacial score (nSPS) is 15.2. The summed E-state index contributed by atoms with van der Waals surface area (Å²) in [6, 6.07) is 10.2. The lowest BCUT2D eigenvalue weighted by atomic mass is 10.1. The molecular weight excluding hydrogens is 451 g/mol. The van der Waals surface area contributed by atoms with Gasteiger partial charge in [0.15, 0.2) is 5.96 Å². The van der Waals surface area contributed by atoms with E-state index in [0.717, 1.165) is 42.7 Å². The summed E-state index contributed by atoms with van der Waals surface area (Å²) in [5.41, 5.74) is 2.17. The van der Waals surface area contributed by atoms with Crippen molar-refractivity contribution in [1.82, 2.24) is 25.5 Å². The third-order valence-corrected chi connectivity index (χ3v) is 4.61. The number of aromatic nitrogens is 2. The van der Waals surface area contributed by atoms with Gasteiger partial charge in [-0.3, -0.25) is 0 Å². The Hall–Kier alpha value is -1.61. The van der Waals surface area contributed by atoms with Crippen molar-refractivity contribution in [2.24, 2.45) is 4.99 Å². The van der Waals surface area contributed by atoms with Gasteiger partial charge in [0, 0.05) is 19.6 Å². The van der Waals surface area contributed by atoms with Gasteiger partial charge >= 0.3 is 0 Å². The number of hydrogen-bond acceptors (Lipinski definition) is 3. The van der Waals surface area contributed by atoms with Gasteiger partial charge in [-0.1, -0.05) is 36.8 Å². The maximum atomic E-state index is 4.66. The van der Waals surface area contributed by atoms with Gasteiger partial charge in [0.25, 0.3) is 0 Å². The summed E-state index contributed by atoms with van der Waals surface area (Å²) in [7, 11) is 0. The molecule has 0 aliphatic carbocycles. The van der Waals surface area contributed by atoms with Gasteiger partial charge < -0.3 is 20.5 Å². The molecule has 0 unspecified atom stereocenters. The van der Waals surface area contributed by atoms with E-state index in [1.54, 1.807) is 0 Å². The van der Waals surface area contributed by atoms with E-state index in [-0.39, 0.29) is 24.0 Å². The fraction of sp³-hybridized carbons (Fsp3) is 0.500. The number of aliphatic imine (C=N–C) groups is 1. The summed E-state index contributed by atoms with van der Waals surface area (Å²) in [4.78, 5) is 15.0. The summed E-state index contributed by atoms with van der Waals surface area (Å²) >= 11 is 0. The second kappa shape index (κ2) is 12.0. The third-order valence-electron chi connectivity index (χ3n) is 4.61. The van der Waals surface area contributed by atoms with Crippen molar-refractivity contribution in [3.63, 3.8) is 0 Å². The Labute approximate surface area is 179 Å². The molecule has 1 aromatic heterocycles. The topological polar surface area (TPSA) is 68.3 Å². The van der Waals surface area contributed by atoms with Crippen molar-refractivity contribution >= 4 is 29.9 Å². The van der Waals surface area contributed by atoms with E-state index >= 15 is 0 Å². The number of piperidine rings is 1. The van der Waals surface area contributed by atoms with Crippen molar-refractivity contribution in [2.75, 3.05) is 32.7 Å². The summed E-state index contributed by atoms with van der Waals surface area (Å²) in [6.45, 7) is 7.91. The third kappa shape index (κ3) is 7.14. The minimum Gasteiger partial charge on any atom is -0.357 e. The molecule has 7 heteroatoms. The second-order valence-corrected chi connectivity index (χ2v) is 6.63. The lowest BCUT2D eigenvalue weighted by molar-refractivity contribution is 0.232. The minimum absolute atomic E-state index is 0. The zero-order chi connectivity index (χ0) is 18.0. The zero-order valence-corrected chi connectivity index (χ0v) is 18.4. The van der Waals surface area contributed by atoms with E-state index in [4.69, 9.17) is 0 Å². The van der Waals surface area contributed by atoms with E-state index < -0.39 is 0 Å². The van der Waals surface area contributed by atoms with E-state index in [1.807, 2.05) is 24.4 Å². The van der Waals surface area contributed by atoms with Crippen LogP contribution in [0.1, 0.15) is 32.0 Å². The molecule has 0 bridgehead atoms. The Morgan fingerprint density at radius 2 is 1.93 bits per heavy atom. The standard InChI is InChI=1S/C20H30N6.HI/c1-2-21-20(22-11-14-26-12-7-4-8-13-26)24-16-19-23-15-18(25-19)17-9-5-3-6-10-17;/h3,5-6,9-10,15H,2,4,7-8,11-14,16H2,1H3,(H,23,25)(H2,21,22,24);1H. The van der Waals surface area contributed by atoms with Gasteiger partial charge in [-0.05, 0) is 38.4 Å². The first kappa shape index (κ1) is 21.7. The number of hydrogen-bond donors (Lipinski definition) is 3. The first-order valence-electron chi connectivity index (χ1n) is 9.69. The highest BCUT2D eigenvalue weighted by Crippen LogP contribution is 2.16. The van der Waals surface area contributed by atoms with Gasteiger partial charge in [0.1, 0.15) is 12.4 Å². The summed E-state index contributed by atoms with van der Waals surface area (Å²) in [5, 5.41) is 6.74. The van der Waals surface area contributed by atoms with Crippen LogP contribution in [0.2, 0.25) is 0 Å². The average molecular weight is 482 g/mol. The molecule has 6 nitrogen and oxygen atoms in total. The predicted molar refractivity (Wildman–Crippen MR) is 123 cm³/mol. The molecular formula is C20H31IN6. The van der Waals surface area contributed by atoms with E-state index in [0.29, 0.717) is 6.54 Å². The van der Waals surface area contributed by atoms with Crippen molar-refractivity contribution < 1.29 is 0 Å². The predicted octanol–water partition coefficient (Wildman–Crippen LogP) is 3.24. The molecule has 2 aromatic rings. The Kier molecular flexibility index (Phi) is 9.61. The highest BCUT2D eigenvalue weighted by Gasteiger charge is 2.09. The van der Waals surface area contributed by atoms with Crippen molar-refractivity contribution in [1.29, 1.82) is 0 Å². The van der Waals surface area contributed by atoms with Crippen LogP contribution >= 0.6 is 24.0 Å². The molecule has 3 N–H and O–H groups in total. The molecule has 0 radical (unpaired) electrons. The zero-order valence-electron chi connectivity index (χ0n) is 16.1. The van der Waals surface area contributed by atoms with E-state index in [9.17, 15) is 0 Å². The monoisotopic (exact) mass is 482 g/mol. The van der Waals surface area contributed by atoms with E-state index in [2.05, 4.69) is 49.6 Å². The highest BCUT2D eigenvalue weighted by atomic mass is 127. The lowest BCUT2D eigenvalue weighted by Gasteiger charge is -2.26. The van der Waals surface area contributed by atoms with Gasteiger partial charge in [-0.15, -0.1) is 24.0 Å². The molecule has 0 amide bonds. The number of rotatable bonds is 7. The molecule has 0 saturated carbocycles. The van der Waals surface area contributed by atoms with Crippen LogP contribution in [0.4, 0.5) is 0 Å². The Morgan fingerprint density at radius 3 is 2.67 bits per heavy atom. The van der Waals surface area contributed by atoms with Crippen LogP contribution in [-0.4, -0.2) is 53.6 Å². The van der Waals surface area contributed by atoms with Crippen molar-refractivity contribution in [2.45, 2.75) is 32.7 Å². The molecule has 1 aliphatic heterocycles. The number of aromatic amines is 1. The summed E-state index contributed by atoms with van der Waals surface area (Å²) in [6.07, 6.45) is 5.91. The maximum Gasteiger partial charge on any atom is 0.191 e. The Balaban J connectivity index is 0.00000261. The fourth-order valence-corrected chi connectivity index (χ4v) is 3.22. The molecule has 148 valence electrons. The molecule has 1 saturated heterocycles. The lowest BCUT2D eigenvalue weighted by Crippen LogP contribution is -2.42. The SMILES string of the molecule is CCNC(=NCc1ncc(-c2ccccc2)[nH]1)NCCN1CCCCC1.I. The highest BCUT2D eigenvalue weighted by molar-refractivity contribution is 14.0. The van der Waals surface area contributed by atoms with E-state index in [1.165, 1.54) is 32.4 Å². The Morgan fingerprint density at radius 1 is 1.15 bits per heavy atom. The fourth-order valence-electron chi connectivity index (χ4n) is 3.22. The van der Waals surface area contributed by atoms with Gasteiger partial charge in [0.2, 0.25) is 0 Å². The molecule has 0 atom stereocenters. The molecule has 0 spiro atoms. The average Bonchev–Trinajstić information content (AvgIpc) is 3.17. The van der Waals surface area contributed by atoms with Crippen molar-refractivity contribution in [3.8, 4) is 11.3 Å². The van der Waals surface area contributed by atoms with Crippen molar-refractivity contribution in [3.05, 3.63) is 42.4 Å². The van der Waals surface area contributed by atoms with Crippen LogP contribution in [0.3, 0.4) is 0 Å². The molecule has 3 rings (SSSR count). The minimum atomic E-state index is 0. The van der Waals surface area contributed by atoms with Gasteiger partial charge in [0.05, 0.1) is 11.9 Å². The largest absolute Gasteiger partial charge is 0.357 e. The number of H-pyrrole nitrogens is 1. The van der Waals surface area contributed by atoms with Crippen LogP contribution in [0, 0.1) is 0 Å². The number of guanidine groups is 1. The maximum absolute atomic E-state index is 4.66. The molecule has 1 aromatic carbocycles. The number of benzene rings is 1. The summed E-state index contributed by atoms with van der Waals surface area (Å²) in [5.74, 6) is 1.72. The van der Waals surface area contributed by atoms with Crippen LogP contribution in [-0.2, 0) is 6.54 Å². The quantitative estimate of drug-likeness (QED) is 0.322. The number of likely N-dealkylation sites (tertiary alicyclic amines) is 1. The first-order valence-corrected chi connectivity index (χ1v) is 9.69. The second-order valence-electron chi connectivity index (χ2n) is 6.63. The van der Waals surface area contributed by atoms with Gasteiger partial charge in [-0.2, -0.15) is 0 Å². The van der Waals surface area contributed by atoms with Crippen LogP contribution < -0.4 is 10.6 Å². The number of nitrogens with one attached hydrogen (secondary N) is 3. The van der Waals surface area contributed by atoms with Crippen LogP contribution in [0.15, 0.2) is 41.5 Å². The molecule has 27 heavy (non-hydrogen) atoms. The molecule has 1 aliphatic rings. The van der Waals surface area contributed by atoms with Crippen LogP contribution in [0.25, 0.3) is 11.3 Å².